The van der Waals surface area contributed by atoms with Crippen molar-refractivity contribution in [2.45, 2.75) is 0 Å². The van der Waals surface area contributed by atoms with Crippen LogP contribution in [-0.4, -0.2) is 18.0 Å². The standard InChI is InChI=1S/C6H7N2O3S/c9-12(10,11)5-8-6-3-1-2-4-7-6/h1-5H,(H,7,8)(H,9,10,11). The van der Waals surface area contributed by atoms with Crippen molar-refractivity contribution in [1.29, 1.82) is 0 Å². The molecule has 0 aliphatic heterocycles. The van der Waals surface area contributed by atoms with Crippen LogP contribution in [0.2, 0.25) is 0 Å². The highest BCUT2D eigenvalue weighted by atomic mass is 32.2. The molecule has 2 N–H and O–H groups in total. The van der Waals surface area contributed by atoms with Crippen LogP contribution in [0.1, 0.15) is 0 Å². The molecule has 1 aromatic heterocycles. The molecule has 0 aliphatic rings. The summed E-state index contributed by atoms with van der Waals surface area (Å²) < 4.78 is 28.7. The Morgan fingerprint density at radius 3 is 2.75 bits per heavy atom. The Morgan fingerprint density at radius 2 is 2.25 bits per heavy atom. The molecule has 0 saturated heterocycles. The van der Waals surface area contributed by atoms with Crippen molar-refractivity contribution in [2.75, 3.05) is 5.32 Å². The Bertz CT molecular complexity index is 335. The molecule has 0 saturated carbocycles. The summed E-state index contributed by atoms with van der Waals surface area (Å²) in [6.45, 7) is 0. The van der Waals surface area contributed by atoms with E-state index in [0.717, 1.165) is 0 Å². The molecule has 65 valence electrons. The Balaban J connectivity index is 2.56. The van der Waals surface area contributed by atoms with Gasteiger partial charge in [-0.3, -0.25) is 4.55 Å². The third-order valence-electron chi connectivity index (χ3n) is 1.02. The number of rotatable bonds is 3. The Labute approximate surface area is 70.2 Å². The van der Waals surface area contributed by atoms with E-state index in [1.807, 2.05) is 0 Å². The predicted molar refractivity (Wildman–Crippen MR) is 43.7 cm³/mol. The minimum Gasteiger partial charge on any atom is -0.349 e. The smallest absolute Gasteiger partial charge is 0.289 e. The van der Waals surface area contributed by atoms with Gasteiger partial charge >= 0.3 is 0 Å². The van der Waals surface area contributed by atoms with E-state index in [9.17, 15) is 8.42 Å². The summed E-state index contributed by atoms with van der Waals surface area (Å²) in [5.41, 5.74) is 0. The maximum absolute atomic E-state index is 10.2. The van der Waals surface area contributed by atoms with Crippen LogP contribution in [0.15, 0.2) is 24.4 Å². The number of hydrogen-bond donors (Lipinski definition) is 2. The monoisotopic (exact) mass is 187 g/mol. The normalized spacial score (nSPS) is 11.1. The van der Waals surface area contributed by atoms with Crippen LogP contribution >= 0.6 is 0 Å². The largest absolute Gasteiger partial charge is 0.349 e. The molecule has 0 aromatic carbocycles. The molecule has 0 spiro atoms. The highest BCUT2D eigenvalue weighted by molar-refractivity contribution is 7.87. The first-order valence-electron chi connectivity index (χ1n) is 3.06. The van der Waals surface area contributed by atoms with Crippen LogP contribution in [0.25, 0.3) is 0 Å². The second-order valence-electron chi connectivity index (χ2n) is 1.99. The summed E-state index contributed by atoms with van der Waals surface area (Å²) in [4.78, 5) is 3.76. The highest BCUT2D eigenvalue weighted by Gasteiger charge is 2.04. The first-order valence-corrected chi connectivity index (χ1v) is 4.56. The fourth-order valence-corrected chi connectivity index (χ4v) is 0.853. The van der Waals surface area contributed by atoms with Gasteiger partial charge in [0, 0.05) is 6.20 Å². The van der Waals surface area contributed by atoms with Gasteiger partial charge in [0.1, 0.15) is 5.82 Å². The second-order valence-corrected chi connectivity index (χ2v) is 3.26. The molecule has 1 radical (unpaired) electrons. The van der Waals surface area contributed by atoms with Crippen LogP contribution in [0.3, 0.4) is 0 Å². The molecule has 1 heterocycles. The molecule has 0 unspecified atom stereocenters. The van der Waals surface area contributed by atoms with Gasteiger partial charge in [0.05, 0.1) is 0 Å². The Kier molecular flexibility index (Phi) is 2.61. The maximum atomic E-state index is 10.2. The van der Waals surface area contributed by atoms with Crippen LogP contribution < -0.4 is 5.32 Å². The molecule has 0 aliphatic carbocycles. The molecule has 1 rings (SSSR count). The third-order valence-corrected chi connectivity index (χ3v) is 1.44. The van der Waals surface area contributed by atoms with Crippen LogP contribution in [0, 0.1) is 5.88 Å². The average molecular weight is 187 g/mol. The molecule has 0 bridgehead atoms. The fraction of sp³-hybridized carbons (Fsp3) is 0. The molecule has 1 aromatic rings. The average Bonchev–Trinajstić information content (AvgIpc) is 2.02. The van der Waals surface area contributed by atoms with E-state index in [4.69, 9.17) is 4.55 Å². The number of anilines is 1. The van der Waals surface area contributed by atoms with Crippen molar-refractivity contribution in [3.63, 3.8) is 0 Å². The second kappa shape index (κ2) is 3.51. The molecule has 12 heavy (non-hydrogen) atoms. The van der Waals surface area contributed by atoms with Gasteiger partial charge in [-0.05, 0) is 12.1 Å². The summed E-state index contributed by atoms with van der Waals surface area (Å²) in [5.74, 6) is 0.921. The van der Waals surface area contributed by atoms with Gasteiger partial charge < -0.3 is 5.32 Å². The molecular formula is C6H7N2O3S. The van der Waals surface area contributed by atoms with E-state index in [0.29, 0.717) is 11.7 Å². The van der Waals surface area contributed by atoms with Gasteiger partial charge in [0.15, 0.2) is 5.88 Å². The van der Waals surface area contributed by atoms with E-state index in [-0.39, 0.29) is 0 Å². The quantitative estimate of drug-likeness (QED) is 0.673. The first-order chi connectivity index (χ1) is 5.58. The number of nitrogens with zero attached hydrogens (tertiary/aromatic N) is 1. The van der Waals surface area contributed by atoms with Gasteiger partial charge in [-0.2, -0.15) is 8.42 Å². The van der Waals surface area contributed by atoms with Crippen LogP contribution in [0.5, 0.6) is 0 Å². The summed E-state index contributed by atoms with van der Waals surface area (Å²) in [6, 6.07) is 4.95. The lowest BCUT2D eigenvalue weighted by Crippen LogP contribution is -2.06. The molecule has 0 amide bonds. The Morgan fingerprint density at radius 1 is 1.50 bits per heavy atom. The zero-order chi connectivity index (χ0) is 9.03. The molecule has 5 nitrogen and oxygen atoms in total. The SMILES string of the molecule is O=S(=O)(O)[CH]Nc1ccccn1. The predicted octanol–water partition coefficient (Wildman–Crippen LogP) is 0.501. The fourth-order valence-electron chi connectivity index (χ4n) is 0.583. The van der Waals surface area contributed by atoms with Gasteiger partial charge in [-0.25, -0.2) is 4.98 Å². The van der Waals surface area contributed by atoms with Crippen molar-refractivity contribution in [1.82, 2.24) is 4.98 Å². The van der Waals surface area contributed by atoms with E-state index >= 15 is 0 Å². The number of nitrogens with one attached hydrogen (secondary N) is 1. The molecule has 6 heteroatoms. The van der Waals surface area contributed by atoms with Crippen molar-refractivity contribution >= 4 is 15.9 Å². The van der Waals surface area contributed by atoms with Gasteiger partial charge in [-0.15, -0.1) is 0 Å². The van der Waals surface area contributed by atoms with Gasteiger partial charge in [0.25, 0.3) is 10.1 Å². The lowest BCUT2D eigenvalue weighted by atomic mass is 10.5. The summed E-state index contributed by atoms with van der Waals surface area (Å²) in [5, 5.41) is 2.31. The number of pyridine rings is 1. The van der Waals surface area contributed by atoms with Crippen molar-refractivity contribution < 1.29 is 13.0 Å². The summed E-state index contributed by atoms with van der Waals surface area (Å²) in [7, 11) is -4.10. The minimum absolute atomic E-state index is 0.357. The third kappa shape index (κ3) is 3.31. The van der Waals surface area contributed by atoms with Crippen LogP contribution in [-0.2, 0) is 10.1 Å². The lowest BCUT2D eigenvalue weighted by Gasteiger charge is -1.99. The van der Waals surface area contributed by atoms with E-state index in [2.05, 4.69) is 10.3 Å². The van der Waals surface area contributed by atoms with Gasteiger partial charge in [0.2, 0.25) is 0 Å². The van der Waals surface area contributed by atoms with E-state index in [1.54, 1.807) is 18.2 Å². The lowest BCUT2D eigenvalue weighted by molar-refractivity contribution is 0.490. The zero-order valence-electron chi connectivity index (χ0n) is 6.01. The maximum Gasteiger partial charge on any atom is 0.289 e. The van der Waals surface area contributed by atoms with Crippen LogP contribution in [0.4, 0.5) is 5.82 Å². The van der Waals surface area contributed by atoms with Crippen molar-refractivity contribution in [3.8, 4) is 0 Å². The molecule has 0 fully saturated rings. The van der Waals surface area contributed by atoms with Crippen molar-refractivity contribution in [2.24, 2.45) is 0 Å². The van der Waals surface area contributed by atoms with E-state index < -0.39 is 10.1 Å². The first kappa shape index (κ1) is 8.95. The summed E-state index contributed by atoms with van der Waals surface area (Å²) in [6.07, 6.45) is 1.50. The van der Waals surface area contributed by atoms with Crippen molar-refractivity contribution in [3.05, 3.63) is 30.3 Å². The molecular weight excluding hydrogens is 180 g/mol. The Hall–Kier alpha value is -1.14. The minimum atomic E-state index is -4.10. The number of hydrogen-bond acceptors (Lipinski definition) is 4. The van der Waals surface area contributed by atoms with Gasteiger partial charge in [-0.1, -0.05) is 6.07 Å². The van der Waals surface area contributed by atoms with E-state index in [1.165, 1.54) is 6.20 Å². The zero-order valence-corrected chi connectivity index (χ0v) is 6.82. The summed E-state index contributed by atoms with van der Waals surface area (Å²) >= 11 is 0. The topological polar surface area (TPSA) is 79.3 Å². The highest BCUT2D eigenvalue weighted by Crippen LogP contribution is 2.01. The number of aromatic nitrogens is 1. The molecule has 0 atom stereocenters.